The molecule has 0 aromatic heterocycles. The molecule has 2 aromatic rings. The summed E-state index contributed by atoms with van der Waals surface area (Å²) < 4.78 is 0. The lowest BCUT2D eigenvalue weighted by Gasteiger charge is -2.13. The molecule has 0 aliphatic heterocycles. The number of rotatable bonds is 6. The molecule has 0 fully saturated rings. The molecule has 0 aliphatic carbocycles. The van der Waals surface area contributed by atoms with E-state index in [1.807, 2.05) is 30.3 Å². The van der Waals surface area contributed by atoms with Gasteiger partial charge in [-0.05, 0) is 29.7 Å². The second kappa shape index (κ2) is 6.95. The maximum Gasteiger partial charge on any atom is 0.0962 e. The van der Waals surface area contributed by atoms with E-state index in [-0.39, 0.29) is 0 Å². The van der Waals surface area contributed by atoms with E-state index in [1.165, 1.54) is 12.0 Å². The first-order chi connectivity index (χ1) is 9.29. The maximum atomic E-state index is 10.1. The number of nitrogens with one attached hydrogen (secondary N) is 1. The summed E-state index contributed by atoms with van der Waals surface area (Å²) in [6, 6.07) is 18.1. The van der Waals surface area contributed by atoms with Gasteiger partial charge in [-0.3, -0.25) is 0 Å². The summed E-state index contributed by atoms with van der Waals surface area (Å²) in [5, 5.41) is 13.3. The van der Waals surface area contributed by atoms with Gasteiger partial charge in [0.15, 0.2) is 0 Å². The van der Waals surface area contributed by atoms with Crippen LogP contribution in [0.15, 0.2) is 54.6 Å². The van der Waals surface area contributed by atoms with Crippen LogP contribution in [-0.2, 0) is 6.42 Å². The van der Waals surface area contributed by atoms with Gasteiger partial charge in [0.05, 0.1) is 6.10 Å². The summed E-state index contributed by atoms with van der Waals surface area (Å²) in [6.07, 6.45) is 1.81. The number of aliphatic hydroxyl groups is 1. The molecule has 2 aromatic carbocycles. The van der Waals surface area contributed by atoms with E-state index in [0.717, 1.165) is 17.7 Å². The van der Waals surface area contributed by atoms with Crippen molar-refractivity contribution >= 4 is 5.69 Å². The highest BCUT2D eigenvalue weighted by molar-refractivity contribution is 5.45. The van der Waals surface area contributed by atoms with Crippen LogP contribution in [0.5, 0.6) is 0 Å². The lowest BCUT2D eigenvalue weighted by Crippen LogP contribution is -2.11. The summed E-state index contributed by atoms with van der Waals surface area (Å²) in [7, 11) is 0. The first-order valence-electron chi connectivity index (χ1n) is 6.85. The molecule has 100 valence electrons. The monoisotopic (exact) mass is 255 g/mol. The van der Waals surface area contributed by atoms with Crippen LogP contribution < -0.4 is 5.32 Å². The summed E-state index contributed by atoms with van der Waals surface area (Å²) in [5.41, 5.74) is 3.35. The van der Waals surface area contributed by atoms with Gasteiger partial charge in [0.25, 0.3) is 0 Å². The van der Waals surface area contributed by atoms with Crippen LogP contribution >= 0.6 is 0 Å². The zero-order valence-electron chi connectivity index (χ0n) is 11.3. The van der Waals surface area contributed by atoms with Crippen molar-refractivity contribution in [2.24, 2.45) is 0 Å². The molecule has 1 atom stereocenters. The minimum absolute atomic E-state index is 0.475. The van der Waals surface area contributed by atoms with E-state index in [0.29, 0.717) is 6.54 Å². The Hall–Kier alpha value is -1.80. The number of aryl methyl sites for hydroxylation is 1. The molecule has 2 N–H and O–H groups in total. The van der Waals surface area contributed by atoms with Crippen molar-refractivity contribution in [1.29, 1.82) is 0 Å². The molecule has 0 bridgehead atoms. The van der Waals surface area contributed by atoms with Gasteiger partial charge in [-0.1, -0.05) is 55.8 Å². The van der Waals surface area contributed by atoms with E-state index in [4.69, 9.17) is 0 Å². The SMILES string of the molecule is CCCc1ccc(NCC(O)c2ccccc2)cc1. The Morgan fingerprint density at radius 3 is 2.32 bits per heavy atom. The summed E-state index contributed by atoms with van der Waals surface area (Å²) >= 11 is 0. The second-order valence-electron chi connectivity index (χ2n) is 4.75. The van der Waals surface area contributed by atoms with Crippen LogP contribution in [0.3, 0.4) is 0 Å². The minimum atomic E-state index is -0.475. The highest BCUT2D eigenvalue weighted by Crippen LogP contribution is 2.15. The Morgan fingerprint density at radius 2 is 1.68 bits per heavy atom. The van der Waals surface area contributed by atoms with Gasteiger partial charge in [0.1, 0.15) is 0 Å². The van der Waals surface area contributed by atoms with E-state index in [1.54, 1.807) is 0 Å². The molecule has 2 rings (SSSR count). The van der Waals surface area contributed by atoms with Crippen molar-refractivity contribution in [2.75, 3.05) is 11.9 Å². The van der Waals surface area contributed by atoms with Crippen LogP contribution in [0.4, 0.5) is 5.69 Å². The molecule has 0 aliphatic rings. The third-order valence-corrected chi connectivity index (χ3v) is 3.18. The topological polar surface area (TPSA) is 32.3 Å². The van der Waals surface area contributed by atoms with Gasteiger partial charge < -0.3 is 10.4 Å². The third kappa shape index (κ3) is 4.11. The highest BCUT2D eigenvalue weighted by atomic mass is 16.3. The predicted molar refractivity (Wildman–Crippen MR) is 80.3 cm³/mol. The van der Waals surface area contributed by atoms with Crippen molar-refractivity contribution in [1.82, 2.24) is 0 Å². The Kier molecular flexibility index (Phi) is 4.99. The normalized spacial score (nSPS) is 12.1. The van der Waals surface area contributed by atoms with Crippen molar-refractivity contribution in [3.05, 3.63) is 65.7 Å². The molecular weight excluding hydrogens is 234 g/mol. The molecule has 0 saturated heterocycles. The molecule has 19 heavy (non-hydrogen) atoms. The maximum absolute atomic E-state index is 10.1. The van der Waals surface area contributed by atoms with Crippen LogP contribution in [0.1, 0.15) is 30.6 Å². The second-order valence-corrected chi connectivity index (χ2v) is 4.75. The Bertz CT molecular complexity index is 478. The Morgan fingerprint density at radius 1 is 1.00 bits per heavy atom. The average Bonchev–Trinajstić information content (AvgIpc) is 2.47. The zero-order chi connectivity index (χ0) is 13.5. The number of hydrogen-bond acceptors (Lipinski definition) is 2. The van der Waals surface area contributed by atoms with E-state index in [9.17, 15) is 5.11 Å². The molecule has 0 spiro atoms. The Balaban J connectivity index is 1.88. The fourth-order valence-corrected chi connectivity index (χ4v) is 2.09. The quantitative estimate of drug-likeness (QED) is 0.823. The van der Waals surface area contributed by atoms with E-state index < -0.39 is 6.10 Å². The van der Waals surface area contributed by atoms with Crippen LogP contribution in [0.2, 0.25) is 0 Å². The smallest absolute Gasteiger partial charge is 0.0962 e. The fraction of sp³-hybridized carbons (Fsp3) is 0.294. The van der Waals surface area contributed by atoms with Gasteiger partial charge in [-0.2, -0.15) is 0 Å². The molecular formula is C17H21NO. The fourth-order valence-electron chi connectivity index (χ4n) is 2.09. The molecule has 0 amide bonds. The summed E-state index contributed by atoms with van der Waals surface area (Å²) in [4.78, 5) is 0. The molecule has 0 saturated carbocycles. The van der Waals surface area contributed by atoms with Gasteiger partial charge in [-0.15, -0.1) is 0 Å². The average molecular weight is 255 g/mol. The standard InChI is InChI=1S/C17H21NO/c1-2-6-14-9-11-16(12-10-14)18-13-17(19)15-7-4-3-5-8-15/h3-5,7-12,17-19H,2,6,13H2,1H3. The van der Waals surface area contributed by atoms with Crippen LogP contribution in [0, 0.1) is 0 Å². The first kappa shape index (κ1) is 13.6. The largest absolute Gasteiger partial charge is 0.387 e. The highest BCUT2D eigenvalue weighted by Gasteiger charge is 2.05. The van der Waals surface area contributed by atoms with Gasteiger partial charge in [-0.25, -0.2) is 0 Å². The van der Waals surface area contributed by atoms with Crippen molar-refractivity contribution < 1.29 is 5.11 Å². The first-order valence-corrected chi connectivity index (χ1v) is 6.85. The summed E-state index contributed by atoms with van der Waals surface area (Å²) in [6.45, 7) is 2.71. The molecule has 0 radical (unpaired) electrons. The summed E-state index contributed by atoms with van der Waals surface area (Å²) in [5.74, 6) is 0. The molecule has 0 heterocycles. The zero-order valence-corrected chi connectivity index (χ0v) is 11.3. The van der Waals surface area contributed by atoms with E-state index >= 15 is 0 Å². The van der Waals surface area contributed by atoms with Gasteiger partial charge in [0, 0.05) is 12.2 Å². The number of anilines is 1. The lowest BCUT2D eigenvalue weighted by molar-refractivity contribution is 0.191. The number of benzene rings is 2. The van der Waals surface area contributed by atoms with Gasteiger partial charge in [0.2, 0.25) is 0 Å². The van der Waals surface area contributed by atoms with Crippen molar-refractivity contribution in [3.8, 4) is 0 Å². The van der Waals surface area contributed by atoms with Gasteiger partial charge >= 0.3 is 0 Å². The number of aliphatic hydroxyl groups excluding tert-OH is 1. The van der Waals surface area contributed by atoms with Crippen molar-refractivity contribution in [2.45, 2.75) is 25.9 Å². The van der Waals surface area contributed by atoms with Crippen LogP contribution in [-0.4, -0.2) is 11.7 Å². The molecule has 2 heteroatoms. The third-order valence-electron chi connectivity index (χ3n) is 3.18. The molecule has 1 unspecified atom stereocenters. The lowest BCUT2D eigenvalue weighted by atomic mass is 10.1. The van der Waals surface area contributed by atoms with Crippen LogP contribution in [0.25, 0.3) is 0 Å². The Labute approximate surface area is 115 Å². The molecule has 2 nitrogen and oxygen atoms in total. The predicted octanol–water partition coefficient (Wildman–Crippen LogP) is 3.78. The number of hydrogen-bond donors (Lipinski definition) is 2. The van der Waals surface area contributed by atoms with Crippen molar-refractivity contribution in [3.63, 3.8) is 0 Å². The minimum Gasteiger partial charge on any atom is -0.387 e. The van der Waals surface area contributed by atoms with E-state index in [2.05, 4.69) is 36.5 Å².